The van der Waals surface area contributed by atoms with E-state index in [-0.39, 0.29) is 27.5 Å². The summed E-state index contributed by atoms with van der Waals surface area (Å²) in [6, 6.07) is 4.13. The second-order valence-corrected chi connectivity index (χ2v) is 8.04. The molecule has 0 saturated heterocycles. The van der Waals surface area contributed by atoms with E-state index in [1.807, 2.05) is 20.8 Å². The van der Waals surface area contributed by atoms with Crippen LogP contribution in [0.2, 0.25) is 0 Å². The molecule has 0 heterocycles. The summed E-state index contributed by atoms with van der Waals surface area (Å²) in [5, 5.41) is 2.79. The lowest BCUT2D eigenvalue weighted by atomic mass is 9.90. The van der Waals surface area contributed by atoms with Crippen molar-refractivity contribution in [3.05, 3.63) is 23.8 Å². The van der Waals surface area contributed by atoms with E-state index in [4.69, 9.17) is 15.4 Å². The van der Waals surface area contributed by atoms with Crippen LogP contribution in [0.25, 0.3) is 0 Å². The maximum Gasteiger partial charge on any atom is 0.265 e. The van der Waals surface area contributed by atoms with E-state index in [1.165, 1.54) is 25.3 Å². The maximum atomic E-state index is 12.1. The van der Waals surface area contributed by atoms with Crippen molar-refractivity contribution in [2.75, 3.05) is 13.7 Å². The first kappa shape index (κ1) is 17.8. The molecule has 0 atom stereocenters. The first-order chi connectivity index (χ1) is 9.60. The van der Waals surface area contributed by atoms with Crippen LogP contribution in [0.3, 0.4) is 0 Å². The molecule has 118 valence electrons. The molecule has 0 radical (unpaired) electrons. The number of carbonyl (C=O) groups is 1. The maximum absolute atomic E-state index is 12.1. The van der Waals surface area contributed by atoms with Crippen LogP contribution in [-0.2, 0) is 9.05 Å². The number of hydrogen-bond donors (Lipinski definition) is 1. The zero-order chi connectivity index (χ0) is 16.3. The predicted octanol–water partition coefficient (Wildman–Crippen LogP) is 2.79. The molecule has 0 saturated carbocycles. The Bertz CT molecular complexity index is 626. The van der Waals surface area contributed by atoms with Gasteiger partial charge in [-0.3, -0.25) is 4.79 Å². The van der Waals surface area contributed by atoms with E-state index in [1.54, 1.807) is 0 Å². The molecule has 0 fully saturated rings. The average molecular weight is 334 g/mol. The fraction of sp³-hybridized carbons (Fsp3) is 0.500. The lowest BCUT2D eigenvalue weighted by molar-refractivity contribution is 0.0935. The van der Waals surface area contributed by atoms with Crippen LogP contribution in [0.15, 0.2) is 23.1 Å². The van der Waals surface area contributed by atoms with Gasteiger partial charge in [-0.25, -0.2) is 8.42 Å². The summed E-state index contributed by atoms with van der Waals surface area (Å²) in [5.41, 5.74) is 0.200. The molecule has 21 heavy (non-hydrogen) atoms. The van der Waals surface area contributed by atoms with Gasteiger partial charge in [-0.2, -0.15) is 0 Å². The number of methoxy groups -OCH3 is 1. The monoisotopic (exact) mass is 333 g/mol. The molecule has 0 spiro atoms. The SMILES string of the molecule is CCC(C)(C)CNC(=O)c1ccc(OC)c(S(=O)(=O)Cl)c1. The molecular formula is C14H20ClNO4S. The second-order valence-electron chi connectivity index (χ2n) is 5.50. The van der Waals surface area contributed by atoms with Crippen LogP contribution in [0, 0.1) is 5.41 Å². The highest BCUT2D eigenvalue weighted by molar-refractivity contribution is 8.13. The highest BCUT2D eigenvalue weighted by Gasteiger charge is 2.21. The summed E-state index contributed by atoms with van der Waals surface area (Å²) in [7, 11) is 2.71. The number of rotatable bonds is 6. The van der Waals surface area contributed by atoms with Crippen LogP contribution in [0.5, 0.6) is 5.75 Å². The van der Waals surface area contributed by atoms with Crippen LogP contribution in [0.4, 0.5) is 0 Å². The lowest BCUT2D eigenvalue weighted by Gasteiger charge is -2.22. The van der Waals surface area contributed by atoms with Crippen molar-refractivity contribution in [2.24, 2.45) is 5.41 Å². The Morgan fingerprint density at radius 3 is 2.48 bits per heavy atom. The Kier molecular flexibility index (Phi) is 5.64. The van der Waals surface area contributed by atoms with Crippen LogP contribution < -0.4 is 10.1 Å². The molecule has 1 rings (SSSR count). The van der Waals surface area contributed by atoms with Crippen molar-refractivity contribution >= 4 is 25.6 Å². The average Bonchev–Trinajstić information content (AvgIpc) is 2.43. The molecule has 0 aliphatic carbocycles. The Morgan fingerprint density at radius 2 is 2.00 bits per heavy atom. The minimum atomic E-state index is -3.98. The van der Waals surface area contributed by atoms with Gasteiger partial charge in [0.15, 0.2) is 0 Å². The molecule has 1 aromatic carbocycles. The van der Waals surface area contributed by atoms with Crippen LogP contribution in [-0.4, -0.2) is 28.0 Å². The van der Waals surface area contributed by atoms with Gasteiger partial charge >= 0.3 is 0 Å². The predicted molar refractivity (Wildman–Crippen MR) is 82.4 cm³/mol. The van der Waals surface area contributed by atoms with Gasteiger partial charge in [0.05, 0.1) is 7.11 Å². The third kappa shape index (κ3) is 4.89. The smallest absolute Gasteiger partial charge is 0.265 e. The van der Waals surface area contributed by atoms with E-state index < -0.39 is 9.05 Å². The minimum absolute atomic E-state index is 0.0243. The molecule has 5 nitrogen and oxygen atoms in total. The first-order valence-corrected chi connectivity index (χ1v) is 8.82. The van der Waals surface area contributed by atoms with Crippen LogP contribution >= 0.6 is 10.7 Å². The first-order valence-electron chi connectivity index (χ1n) is 6.51. The summed E-state index contributed by atoms with van der Waals surface area (Å²) < 4.78 is 28.0. The van der Waals surface area contributed by atoms with Gasteiger partial charge in [0, 0.05) is 22.8 Å². The molecular weight excluding hydrogens is 314 g/mol. The molecule has 0 bridgehead atoms. The molecule has 7 heteroatoms. The quantitative estimate of drug-likeness (QED) is 0.812. The number of hydrogen-bond acceptors (Lipinski definition) is 4. The van der Waals surface area contributed by atoms with Gasteiger partial charge in [-0.15, -0.1) is 0 Å². The topological polar surface area (TPSA) is 72.5 Å². The van der Waals surface area contributed by atoms with Gasteiger partial charge in [-0.1, -0.05) is 20.8 Å². The molecule has 0 unspecified atom stereocenters. The van der Waals surface area contributed by atoms with E-state index in [2.05, 4.69) is 5.32 Å². The summed E-state index contributed by atoms with van der Waals surface area (Å²) in [5.74, 6) is -0.240. The van der Waals surface area contributed by atoms with E-state index >= 15 is 0 Å². The Labute approximate surface area is 130 Å². The third-order valence-electron chi connectivity index (χ3n) is 3.37. The van der Waals surface area contributed by atoms with E-state index in [0.717, 1.165) is 6.42 Å². The Balaban J connectivity index is 3.02. The number of benzene rings is 1. The number of halogens is 1. The fourth-order valence-corrected chi connectivity index (χ4v) is 2.58. The highest BCUT2D eigenvalue weighted by atomic mass is 35.7. The molecule has 0 aliphatic rings. The number of carbonyl (C=O) groups excluding carboxylic acids is 1. The van der Waals surface area contributed by atoms with Crippen molar-refractivity contribution in [3.8, 4) is 5.75 Å². The molecule has 1 amide bonds. The van der Waals surface area contributed by atoms with Crippen molar-refractivity contribution < 1.29 is 17.9 Å². The van der Waals surface area contributed by atoms with Gasteiger partial charge in [0.2, 0.25) is 0 Å². The molecule has 1 N–H and O–H groups in total. The van der Waals surface area contributed by atoms with Crippen molar-refractivity contribution in [1.82, 2.24) is 5.32 Å². The van der Waals surface area contributed by atoms with Crippen molar-refractivity contribution in [1.29, 1.82) is 0 Å². The fourth-order valence-electron chi connectivity index (χ4n) is 1.56. The zero-order valence-electron chi connectivity index (χ0n) is 12.6. The molecule has 1 aromatic rings. The Hall–Kier alpha value is -1.27. The number of amides is 1. The lowest BCUT2D eigenvalue weighted by Crippen LogP contribution is -2.33. The van der Waals surface area contributed by atoms with Gasteiger partial charge in [0.25, 0.3) is 15.0 Å². The summed E-state index contributed by atoms with van der Waals surface area (Å²) >= 11 is 0. The standard InChI is InChI=1S/C14H20ClNO4S/c1-5-14(2,3)9-16-13(17)10-6-7-11(20-4)12(8-10)21(15,18)19/h6-8H,5,9H2,1-4H3,(H,16,17). The van der Waals surface area contributed by atoms with Gasteiger partial charge in [0.1, 0.15) is 10.6 Å². The molecule has 0 aromatic heterocycles. The largest absolute Gasteiger partial charge is 0.495 e. The van der Waals surface area contributed by atoms with E-state index in [9.17, 15) is 13.2 Å². The number of nitrogens with one attached hydrogen (secondary N) is 1. The zero-order valence-corrected chi connectivity index (χ0v) is 14.1. The van der Waals surface area contributed by atoms with Gasteiger partial charge < -0.3 is 10.1 Å². The van der Waals surface area contributed by atoms with Gasteiger partial charge in [-0.05, 0) is 30.0 Å². The molecule has 0 aliphatic heterocycles. The van der Waals surface area contributed by atoms with Crippen molar-refractivity contribution in [3.63, 3.8) is 0 Å². The summed E-state index contributed by atoms with van der Waals surface area (Å²) in [4.78, 5) is 11.9. The number of ether oxygens (including phenoxy) is 1. The van der Waals surface area contributed by atoms with Crippen LogP contribution in [0.1, 0.15) is 37.6 Å². The third-order valence-corrected chi connectivity index (χ3v) is 4.72. The second kappa shape index (κ2) is 6.66. The van der Waals surface area contributed by atoms with Crippen molar-refractivity contribution in [2.45, 2.75) is 32.1 Å². The highest BCUT2D eigenvalue weighted by Crippen LogP contribution is 2.28. The minimum Gasteiger partial charge on any atom is -0.495 e. The van der Waals surface area contributed by atoms with E-state index in [0.29, 0.717) is 6.54 Å². The summed E-state index contributed by atoms with van der Waals surface area (Å²) in [6.45, 7) is 6.61. The Morgan fingerprint density at radius 1 is 1.38 bits per heavy atom. The normalized spacial score (nSPS) is 12.0. The summed E-state index contributed by atoms with van der Waals surface area (Å²) in [6.07, 6.45) is 0.914.